The molecule has 1 N–H and O–H groups in total. The second-order valence-corrected chi connectivity index (χ2v) is 9.06. The molecule has 0 atom stereocenters. The Morgan fingerprint density at radius 1 is 0.941 bits per heavy atom. The number of carbonyl (C=O) groups excluding carboxylic acids is 1. The molecule has 0 saturated heterocycles. The zero-order valence-electron chi connectivity index (χ0n) is 19.3. The number of nitrogens with zero attached hydrogens (tertiary/aromatic N) is 3. The minimum atomic E-state index is -1.09. The van der Waals surface area contributed by atoms with Gasteiger partial charge in [-0.25, -0.2) is 9.79 Å². The van der Waals surface area contributed by atoms with Gasteiger partial charge in [0.2, 0.25) is 0 Å². The van der Waals surface area contributed by atoms with E-state index in [2.05, 4.69) is 4.99 Å². The van der Waals surface area contributed by atoms with Gasteiger partial charge in [-0.3, -0.25) is 4.79 Å². The van der Waals surface area contributed by atoms with Gasteiger partial charge in [-0.15, -0.1) is 0 Å². The highest BCUT2D eigenvalue weighted by molar-refractivity contribution is 14.1. The predicted octanol–water partition coefficient (Wildman–Crippen LogP) is 4.71. The number of carbonyl (C=O) groups is 2. The summed E-state index contributed by atoms with van der Waals surface area (Å²) in [5.41, 5.74) is 5.22. The fraction of sp³-hybridized carbons (Fsp3) is 0.192. The minimum Gasteiger partial charge on any atom is -0.478 e. The van der Waals surface area contributed by atoms with Crippen molar-refractivity contribution in [3.8, 4) is 11.5 Å². The highest BCUT2D eigenvalue weighted by Gasteiger charge is 2.29. The Morgan fingerprint density at radius 3 is 1.97 bits per heavy atom. The highest BCUT2D eigenvalue weighted by atomic mass is 127. The smallest absolute Gasteiger partial charge is 0.336 e. The number of fused-ring (bicyclic) bond motifs is 2. The summed E-state index contributed by atoms with van der Waals surface area (Å²) in [6.45, 7) is 0. The van der Waals surface area contributed by atoms with Gasteiger partial charge < -0.3 is 19.6 Å². The molecule has 0 bridgehead atoms. The molecular formula is C26H24IN3O4. The van der Waals surface area contributed by atoms with Crippen LogP contribution in [0.25, 0.3) is 5.57 Å². The standard InChI is InChI=1S/C26H24IN3O4/c1-29(2)16-6-9-19-22(12-16)34-23-13-17(30(3)4)7-10-20(23)25(19)18-8-5-15(28-24(31)14-27)11-21(18)26(32)33/h5-13H,14H2,1-4H3,(H,32,33). The van der Waals surface area contributed by atoms with E-state index in [1.54, 1.807) is 12.2 Å². The van der Waals surface area contributed by atoms with E-state index < -0.39 is 5.97 Å². The average molecular weight is 569 g/mol. The summed E-state index contributed by atoms with van der Waals surface area (Å²) in [5.74, 6) is -0.109. The Labute approximate surface area is 211 Å². The molecule has 7 nitrogen and oxygen atoms in total. The number of carboxylic acids is 1. The third kappa shape index (κ3) is 4.50. The van der Waals surface area contributed by atoms with Gasteiger partial charge in [-0.05, 0) is 42.0 Å². The van der Waals surface area contributed by atoms with Crippen LogP contribution in [0.15, 0.2) is 70.8 Å². The molecule has 0 radical (unpaired) electrons. The monoisotopic (exact) mass is 569 g/mol. The molecule has 2 aromatic carbocycles. The molecule has 2 aromatic rings. The van der Waals surface area contributed by atoms with Gasteiger partial charge in [-0.2, -0.15) is 0 Å². The van der Waals surface area contributed by atoms with Crippen LogP contribution in [0.3, 0.4) is 0 Å². The van der Waals surface area contributed by atoms with Crippen molar-refractivity contribution < 1.29 is 19.4 Å². The van der Waals surface area contributed by atoms with Crippen LogP contribution in [-0.2, 0) is 9.59 Å². The van der Waals surface area contributed by atoms with Crippen molar-refractivity contribution in [2.75, 3.05) is 42.4 Å². The summed E-state index contributed by atoms with van der Waals surface area (Å²) in [5, 5.41) is 10.1. The number of allylic oxidation sites excluding steroid dienone is 3. The molecule has 0 unspecified atom stereocenters. The largest absolute Gasteiger partial charge is 0.478 e. The molecule has 34 heavy (non-hydrogen) atoms. The van der Waals surface area contributed by atoms with Crippen LogP contribution in [0.2, 0.25) is 0 Å². The van der Waals surface area contributed by atoms with Crippen molar-refractivity contribution in [1.82, 2.24) is 0 Å². The Hall–Kier alpha value is -3.40. The molecule has 0 aromatic heterocycles. The summed E-state index contributed by atoms with van der Waals surface area (Å²) in [7, 11) is 7.81. The number of amides is 1. The lowest BCUT2D eigenvalue weighted by Crippen LogP contribution is -2.15. The van der Waals surface area contributed by atoms with Gasteiger partial charge in [0.1, 0.15) is 11.5 Å². The maximum absolute atomic E-state index is 12.3. The first-order valence-electron chi connectivity index (χ1n) is 10.6. The van der Waals surface area contributed by atoms with Crippen LogP contribution >= 0.6 is 22.6 Å². The zero-order valence-corrected chi connectivity index (χ0v) is 21.5. The van der Waals surface area contributed by atoms with E-state index in [9.17, 15) is 14.7 Å². The fourth-order valence-electron chi connectivity index (χ4n) is 3.88. The highest BCUT2D eigenvalue weighted by Crippen LogP contribution is 2.48. The average Bonchev–Trinajstić information content (AvgIpc) is 2.81. The number of anilines is 2. The van der Waals surface area contributed by atoms with Crippen molar-refractivity contribution in [3.63, 3.8) is 0 Å². The molecule has 174 valence electrons. The molecule has 0 fully saturated rings. The molecule has 1 heterocycles. The van der Waals surface area contributed by atoms with Gasteiger partial charge in [0.15, 0.2) is 0 Å². The molecule has 8 heteroatoms. The minimum absolute atomic E-state index is 0.0738. The molecule has 0 spiro atoms. The van der Waals surface area contributed by atoms with Crippen LogP contribution < -0.4 is 14.5 Å². The summed E-state index contributed by atoms with van der Waals surface area (Å²) in [4.78, 5) is 32.1. The molecule has 0 saturated carbocycles. The summed E-state index contributed by atoms with van der Waals surface area (Å²) in [6, 6.07) is 11.8. The lowest BCUT2D eigenvalue weighted by Gasteiger charge is -2.28. The molecule has 4 rings (SSSR count). The van der Waals surface area contributed by atoms with E-state index in [0.717, 1.165) is 28.1 Å². The predicted molar refractivity (Wildman–Crippen MR) is 144 cm³/mol. The third-order valence-electron chi connectivity index (χ3n) is 5.59. The fourth-order valence-corrected chi connectivity index (χ4v) is 4.06. The van der Waals surface area contributed by atoms with Crippen LogP contribution in [0.4, 0.5) is 11.4 Å². The number of alkyl halides is 1. The number of hydrogen-bond donors (Lipinski definition) is 1. The number of ether oxygens (including phenoxy) is 1. The van der Waals surface area contributed by atoms with Gasteiger partial charge in [-0.1, -0.05) is 28.7 Å². The Kier molecular flexibility index (Phi) is 6.60. The number of carboxylic acid groups (broad SMARTS) is 1. The lowest BCUT2D eigenvalue weighted by atomic mass is 9.84. The quantitative estimate of drug-likeness (QED) is 0.362. The Bertz CT molecular complexity index is 1260. The summed E-state index contributed by atoms with van der Waals surface area (Å²) < 4.78 is 6.54. The number of rotatable bonds is 4. The van der Waals surface area contributed by atoms with E-state index >= 15 is 0 Å². The Balaban J connectivity index is 1.99. The number of benzene rings is 2. The number of hydrogen-bond acceptors (Lipinski definition) is 5. The normalized spacial score (nSPS) is 15.3. The topological polar surface area (TPSA) is 82.4 Å². The van der Waals surface area contributed by atoms with Crippen molar-refractivity contribution in [1.29, 1.82) is 0 Å². The van der Waals surface area contributed by atoms with Gasteiger partial charge >= 0.3 is 5.97 Å². The van der Waals surface area contributed by atoms with Crippen molar-refractivity contribution in [2.45, 2.75) is 0 Å². The van der Waals surface area contributed by atoms with E-state index in [4.69, 9.17) is 4.74 Å². The lowest BCUT2D eigenvalue weighted by molar-refractivity contribution is -0.132. The maximum Gasteiger partial charge on any atom is 0.336 e. The SMILES string of the molecule is CN(C)c1ccc2c(c1)Oc1cc(N(C)C)ccc1C2=C1C=CC(=NC(=O)CI)C=C1C(=O)O. The third-order valence-corrected chi connectivity index (χ3v) is 6.25. The van der Waals surface area contributed by atoms with Crippen molar-refractivity contribution >= 4 is 57.1 Å². The maximum atomic E-state index is 12.3. The van der Waals surface area contributed by atoms with Gasteiger partial charge in [0, 0.05) is 68.4 Å². The van der Waals surface area contributed by atoms with E-state index in [1.165, 1.54) is 6.08 Å². The first-order valence-corrected chi connectivity index (χ1v) is 12.1. The van der Waals surface area contributed by atoms with E-state index in [0.29, 0.717) is 22.8 Å². The first kappa shape index (κ1) is 23.7. The van der Waals surface area contributed by atoms with E-state index in [-0.39, 0.29) is 15.9 Å². The molecule has 1 amide bonds. The number of aliphatic imine (C=N–C) groups is 1. The number of aliphatic carboxylic acids is 1. The summed E-state index contributed by atoms with van der Waals surface area (Å²) >= 11 is 1.93. The second-order valence-electron chi connectivity index (χ2n) is 8.30. The molecule has 1 aliphatic carbocycles. The first-order chi connectivity index (χ1) is 16.2. The molecule has 1 aliphatic heterocycles. The zero-order chi connectivity index (χ0) is 24.6. The Morgan fingerprint density at radius 2 is 1.50 bits per heavy atom. The summed E-state index contributed by atoms with van der Waals surface area (Å²) in [6.07, 6.45) is 4.85. The van der Waals surface area contributed by atoms with Crippen LogP contribution in [0.1, 0.15) is 11.1 Å². The van der Waals surface area contributed by atoms with Gasteiger partial charge in [0.25, 0.3) is 5.91 Å². The molecule has 2 aliphatic rings. The van der Waals surface area contributed by atoms with Crippen LogP contribution in [0.5, 0.6) is 11.5 Å². The van der Waals surface area contributed by atoms with Crippen molar-refractivity contribution in [2.24, 2.45) is 4.99 Å². The number of halogens is 1. The van der Waals surface area contributed by atoms with Gasteiger partial charge in [0.05, 0.1) is 15.7 Å². The second kappa shape index (κ2) is 9.46. The van der Waals surface area contributed by atoms with E-state index in [1.807, 2.05) is 97.0 Å². The van der Waals surface area contributed by atoms with Crippen LogP contribution in [-0.4, -0.2) is 55.3 Å². The van der Waals surface area contributed by atoms with Crippen LogP contribution in [0, 0.1) is 0 Å². The molecular weight excluding hydrogens is 545 g/mol. The van der Waals surface area contributed by atoms with Crippen molar-refractivity contribution in [3.05, 3.63) is 76.9 Å².